The highest BCUT2D eigenvalue weighted by Gasteiger charge is 2.29. The Morgan fingerprint density at radius 1 is 1.21 bits per heavy atom. The number of carbonyl (C=O) groups excluding carboxylic acids is 1. The molecule has 1 saturated heterocycles. The average Bonchev–Trinajstić information content (AvgIpc) is 3.12. The highest BCUT2D eigenvalue weighted by molar-refractivity contribution is 7.11. The summed E-state index contributed by atoms with van der Waals surface area (Å²) in [6.45, 7) is 5.86. The first-order valence-electron chi connectivity index (χ1n) is 8.88. The molecule has 0 aliphatic carbocycles. The fraction of sp³-hybridized carbons (Fsp3) is 0.526. The minimum Gasteiger partial charge on any atom is -0.342 e. The largest absolute Gasteiger partial charge is 0.342 e. The fourth-order valence-corrected chi connectivity index (χ4v) is 4.33. The summed E-state index contributed by atoms with van der Waals surface area (Å²) in [4.78, 5) is 15.0. The van der Waals surface area contributed by atoms with Crippen molar-refractivity contribution in [1.29, 1.82) is 0 Å². The van der Waals surface area contributed by atoms with Gasteiger partial charge in [0.1, 0.15) is 10.0 Å². The number of nitrogens with zero attached hydrogens (tertiary/aromatic N) is 3. The van der Waals surface area contributed by atoms with Crippen molar-refractivity contribution in [1.82, 2.24) is 15.1 Å². The van der Waals surface area contributed by atoms with E-state index in [1.165, 1.54) is 0 Å². The molecular formula is C19H25N3OS. The normalized spacial score (nSPS) is 17.0. The van der Waals surface area contributed by atoms with E-state index in [9.17, 15) is 4.79 Å². The topological polar surface area (TPSA) is 46.1 Å². The summed E-state index contributed by atoms with van der Waals surface area (Å²) in [5, 5.41) is 10.8. The maximum atomic E-state index is 12.9. The van der Waals surface area contributed by atoms with Crippen LogP contribution in [0.3, 0.4) is 0 Å². The lowest BCUT2D eigenvalue weighted by Gasteiger charge is -2.33. The lowest BCUT2D eigenvalue weighted by atomic mass is 9.92. The Bertz CT molecular complexity index is 662. The molecule has 0 radical (unpaired) electrons. The molecule has 1 fully saturated rings. The van der Waals surface area contributed by atoms with Gasteiger partial charge in [-0.2, -0.15) is 0 Å². The van der Waals surface area contributed by atoms with Crippen LogP contribution in [0.1, 0.15) is 60.5 Å². The van der Waals surface area contributed by atoms with E-state index in [1.54, 1.807) is 11.3 Å². The van der Waals surface area contributed by atoms with Crippen LogP contribution in [-0.2, 0) is 11.2 Å². The molecule has 2 aromatic rings. The third-order valence-corrected chi connectivity index (χ3v) is 6.08. The van der Waals surface area contributed by atoms with Crippen molar-refractivity contribution in [2.75, 3.05) is 13.1 Å². The van der Waals surface area contributed by atoms with E-state index in [4.69, 9.17) is 0 Å². The number of likely N-dealkylation sites (tertiary alicyclic amines) is 1. The van der Waals surface area contributed by atoms with Crippen LogP contribution in [0.25, 0.3) is 0 Å². The third kappa shape index (κ3) is 3.66. The van der Waals surface area contributed by atoms with Gasteiger partial charge in [0.05, 0.1) is 5.92 Å². The summed E-state index contributed by atoms with van der Waals surface area (Å²) in [7, 11) is 0. The van der Waals surface area contributed by atoms with Gasteiger partial charge in [-0.1, -0.05) is 44.2 Å². The number of aromatic nitrogens is 2. The second-order valence-electron chi connectivity index (χ2n) is 6.36. The predicted octanol–water partition coefficient (Wildman–Crippen LogP) is 4.00. The Morgan fingerprint density at radius 3 is 2.50 bits per heavy atom. The number of rotatable bonds is 5. The van der Waals surface area contributed by atoms with Crippen molar-refractivity contribution >= 4 is 17.2 Å². The van der Waals surface area contributed by atoms with Crippen molar-refractivity contribution in [2.24, 2.45) is 0 Å². The van der Waals surface area contributed by atoms with Gasteiger partial charge in [0.15, 0.2) is 0 Å². The molecule has 0 spiro atoms. The fourth-order valence-electron chi connectivity index (χ4n) is 3.38. The number of aryl methyl sites for hydroxylation is 1. The number of hydrogen-bond acceptors (Lipinski definition) is 4. The van der Waals surface area contributed by atoms with Crippen LogP contribution in [0.15, 0.2) is 30.3 Å². The van der Waals surface area contributed by atoms with Crippen LogP contribution in [0.5, 0.6) is 0 Å². The van der Waals surface area contributed by atoms with Gasteiger partial charge < -0.3 is 4.90 Å². The quantitative estimate of drug-likeness (QED) is 0.824. The summed E-state index contributed by atoms with van der Waals surface area (Å²) in [6.07, 6.45) is 3.79. The van der Waals surface area contributed by atoms with E-state index < -0.39 is 0 Å². The van der Waals surface area contributed by atoms with Gasteiger partial charge in [-0.15, -0.1) is 21.5 Å². The molecule has 0 unspecified atom stereocenters. The molecule has 1 aliphatic heterocycles. The zero-order valence-electron chi connectivity index (χ0n) is 14.4. The molecule has 5 heteroatoms. The molecule has 128 valence electrons. The molecule has 1 amide bonds. The van der Waals surface area contributed by atoms with Crippen LogP contribution < -0.4 is 0 Å². The van der Waals surface area contributed by atoms with Crippen molar-refractivity contribution < 1.29 is 4.79 Å². The van der Waals surface area contributed by atoms with E-state index in [0.717, 1.165) is 54.4 Å². The molecule has 1 aromatic heterocycles. The number of amides is 1. The van der Waals surface area contributed by atoms with E-state index in [-0.39, 0.29) is 11.8 Å². The zero-order valence-corrected chi connectivity index (χ0v) is 15.3. The Balaban J connectivity index is 1.62. The van der Waals surface area contributed by atoms with E-state index in [0.29, 0.717) is 5.92 Å². The molecular weight excluding hydrogens is 318 g/mol. The zero-order chi connectivity index (χ0) is 16.9. The first-order valence-corrected chi connectivity index (χ1v) is 9.70. The SMILES string of the molecule is CCc1nnc(C2CCN(C(=O)[C@@H](CC)c3ccccc3)CC2)s1. The lowest BCUT2D eigenvalue weighted by Crippen LogP contribution is -2.40. The monoisotopic (exact) mass is 343 g/mol. The van der Waals surface area contributed by atoms with Gasteiger partial charge in [-0.25, -0.2) is 0 Å². The van der Waals surface area contributed by atoms with Crippen molar-refractivity contribution in [3.8, 4) is 0 Å². The number of carbonyl (C=O) groups is 1. The first-order chi connectivity index (χ1) is 11.7. The Labute approximate surface area is 147 Å². The van der Waals surface area contributed by atoms with Crippen LogP contribution in [0.2, 0.25) is 0 Å². The smallest absolute Gasteiger partial charge is 0.230 e. The summed E-state index contributed by atoms with van der Waals surface area (Å²) < 4.78 is 0. The summed E-state index contributed by atoms with van der Waals surface area (Å²) >= 11 is 1.73. The molecule has 4 nitrogen and oxygen atoms in total. The maximum Gasteiger partial charge on any atom is 0.230 e. The highest BCUT2D eigenvalue weighted by atomic mass is 32.1. The minimum atomic E-state index is -0.0176. The molecule has 2 heterocycles. The van der Waals surface area contributed by atoms with Crippen molar-refractivity contribution in [2.45, 2.75) is 51.4 Å². The van der Waals surface area contributed by atoms with Gasteiger partial charge >= 0.3 is 0 Å². The van der Waals surface area contributed by atoms with E-state index in [2.05, 4.69) is 36.2 Å². The van der Waals surface area contributed by atoms with Gasteiger partial charge in [-0.05, 0) is 31.2 Å². The molecule has 3 rings (SSSR count). The summed E-state index contributed by atoms with van der Waals surface area (Å²) in [5.74, 6) is 0.716. The number of piperidine rings is 1. The first kappa shape index (κ1) is 17.1. The Kier molecular flexibility index (Phi) is 5.61. The van der Waals surface area contributed by atoms with Gasteiger partial charge in [0.25, 0.3) is 0 Å². The molecule has 1 aliphatic rings. The number of hydrogen-bond donors (Lipinski definition) is 0. The number of benzene rings is 1. The summed E-state index contributed by atoms with van der Waals surface area (Å²) in [5.41, 5.74) is 1.13. The molecule has 0 bridgehead atoms. The molecule has 0 N–H and O–H groups in total. The average molecular weight is 343 g/mol. The van der Waals surface area contributed by atoms with E-state index in [1.807, 2.05) is 23.1 Å². The third-order valence-electron chi connectivity index (χ3n) is 4.85. The minimum absolute atomic E-state index is 0.0176. The summed E-state index contributed by atoms with van der Waals surface area (Å²) in [6, 6.07) is 10.1. The lowest BCUT2D eigenvalue weighted by molar-refractivity contribution is -0.134. The van der Waals surface area contributed by atoms with Crippen molar-refractivity contribution in [3.05, 3.63) is 45.9 Å². The van der Waals surface area contributed by atoms with Gasteiger partial charge in [-0.3, -0.25) is 4.79 Å². The predicted molar refractivity (Wildman–Crippen MR) is 97.3 cm³/mol. The van der Waals surface area contributed by atoms with Crippen molar-refractivity contribution in [3.63, 3.8) is 0 Å². The van der Waals surface area contributed by atoms with Crippen LogP contribution in [0, 0.1) is 0 Å². The van der Waals surface area contributed by atoms with E-state index >= 15 is 0 Å². The molecule has 1 aromatic carbocycles. The van der Waals surface area contributed by atoms with Crippen LogP contribution in [0.4, 0.5) is 0 Å². The Morgan fingerprint density at radius 2 is 1.92 bits per heavy atom. The molecule has 24 heavy (non-hydrogen) atoms. The second-order valence-corrected chi connectivity index (χ2v) is 7.45. The van der Waals surface area contributed by atoms with Crippen LogP contribution >= 0.6 is 11.3 Å². The Hall–Kier alpha value is -1.75. The second kappa shape index (κ2) is 7.88. The standard InChI is InChI=1S/C19H25N3OS/c1-3-16(14-8-6-5-7-9-14)19(23)22-12-10-15(11-13-22)18-21-20-17(4-2)24-18/h5-9,15-16H,3-4,10-13H2,1-2H3/t16-/m0/s1. The molecule has 0 saturated carbocycles. The van der Waals surface area contributed by atoms with Gasteiger partial charge in [0.2, 0.25) is 5.91 Å². The molecule has 1 atom stereocenters. The van der Waals surface area contributed by atoms with Crippen LogP contribution in [-0.4, -0.2) is 34.1 Å². The maximum absolute atomic E-state index is 12.9. The van der Waals surface area contributed by atoms with Gasteiger partial charge in [0, 0.05) is 19.0 Å². The highest BCUT2D eigenvalue weighted by Crippen LogP contribution is 2.32.